The molecule has 41 heavy (non-hydrogen) atoms. The Morgan fingerprint density at radius 1 is 0.732 bits per heavy atom. The number of carbonyl (C=O) groups is 1. The Labute approximate surface area is 240 Å². The molecule has 1 aromatic heterocycles. The van der Waals surface area contributed by atoms with Gasteiger partial charge in [0, 0.05) is 13.1 Å². The van der Waals surface area contributed by atoms with Crippen LogP contribution in [-0.4, -0.2) is 44.2 Å². The molecular formula is C34H36N5O2+. The van der Waals surface area contributed by atoms with Gasteiger partial charge in [-0.1, -0.05) is 97.1 Å². The summed E-state index contributed by atoms with van der Waals surface area (Å²) in [6, 6.07) is 35.6. The van der Waals surface area contributed by atoms with Gasteiger partial charge < -0.3 is 14.9 Å². The summed E-state index contributed by atoms with van der Waals surface area (Å²) >= 11 is 0. The number of nitrogen functional groups attached to an aromatic ring is 1. The van der Waals surface area contributed by atoms with Crippen molar-refractivity contribution in [2.75, 3.05) is 5.73 Å². The predicted octanol–water partition coefficient (Wildman–Crippen LogP) is 4.98. The lowest BCUT2D eigenvalue weighted by Crippen LogP contribution is -2.66. The number of amides is 2. The normalized spacial score (nSPS) is 19.1. The third-order valence-electron chi connectivity index (χ3n) is 8.19. The zero-order valence-corrected chi connectivity index (χ0v) is 23.0. The molecule has 5 N–H and O–H groups in total. The standard InChI is InChI=1S/C34H35N5O2/c35-33-28-20-27(16-18-29(28)36-37-33)23-39-31(21-25-12-6-2-7-13-25)32(40)30(19-17-24-10-4-1-5-11-24)38(34(39)41)22-26-14-8-3-9-15-26/h1-16,18,20,30-32,40H,17,19,21-23H2,(H3,35,36,37)/p+1. The second kappa shape index (κ2) is 11.9. The Morgan fingerprint density at radius 3 is 2.00 bits per heavy atom. The Hall–Kier alpha value is -4.62. The van der Waals surface area contributed by atoms with Crippen LogP contribution in [0.25, 0.3) is 10.9 Å². The number of hydrogen-bond donors (Lipinski definition) is 3. The maximum Gasteiger partial charge on any atom is 0.321 e. The van der Waals surface area contributed by atoms with Crippen LogP contribution in [0.1, 0.15) is 28.7 Å². The molecule has 2 heterocycles. The van der Waals surface area contributed by atoms with Gasteiger partial charge in [0.1, 0.15) is 0 Å². The van der Waals surface area contributed by atoms with E-state index in [1.807, 2.05) is 94.7 Å². The van der Waals surface area contributed by atoms with Crippen molar-refractivity contribution in [3.63, 3.8) is 0 Å². The van der Waals surface area contributed by atoms with E-state index in [9.17, 15) is 9.90 Å². The van der Waals surface area contributed by atoms with E-state index in [0.29, 0.717) is 31.7 Å². The van der Waals surface area contributed by atoms with Gasteiger partial charge in [-0.25, -0.2) is 9.89 Å². The minimum Gasteiger partial charge on any atom is -0.389 e. The van der Waals surface area contributed by atoms with Crippen molar-refractivity contribution < 1.29 is 15.0 Å². The number of aryl methyl sites for hydroxylation is 1. The monoisotopic (exact) mass is 546 g/mol. The van der Waals surface area contributed by atoms with Crippen molar-refractivity contribution >= 4 is 22.8 Å². The van der Waals surface area contributed by atoms with E-state index < -0.39 is 6.10 Å². The minimum absolute atomic E-state index is 0.0631. The number of anilines is 1. The Kier molecular flexibility index (Phi) is 7.69. The molecule has 1 aliphatic heterocycles. The number of H-pyrrole nitrogens is 2. The molecule has 5 aromatic rings. The molecule has 2 amide bonds. The number of urea groups is 1. The number of aromatic amines is 2. The zero-order chi connectivity index (χ0) is 28.2. The van der Waals surface area contributed by atoms with Crippen LogP contribution in [0.5, 0.6) is 0 Å². The molecular weight excluding hydrogens is 510 g/mol. The molecule has 208 valence electrons. The van der Waals surface area contributed by atoms with Gasteiger partial charge in [0.05, 0.1) is 29.1 Å². The van der Waals surface area contributed by atoms with Crippen molar-refractivity contribution in [1.29, 1.82) is 0 Å². The average Bonchev–Trinajstić information content (AvgIpc) is 3.38. The van der Waals surface area contributed by atoms with Crippen molar-refractivity contribution in [2.45, 2.75) is 50.5 Å². The second-order valence-corrected chi connectivity index (χ2v) is 10.9. The number of nitrogens with one attached hydrogen (secondary N) is 2. The number of benzene rings is 4. The van der Waals surface area contributed by atoms with Gasteiger partial charge in [0.25, 0.3) is 5.82 Å². The van der Waals surface area contributed by atoms with Crippen molar-refractivity contribution in [1.82, 2.24) is 14.9 Å². The lowest BCUT2D eigenvalue weighted by atomic mass is 9.88. The van der Waals surface area contributed by atoms with Crippen LogP contribution >= 0.6 is 0 Å². The number of nitrogens with two attached hydrogens (primary N) is 1. The fourth-order valence-electron chi connectivity index (χ4n) is 6.02. The van der Waals surface area contributed by atoms with Crippen LogP contribution in [0.2, 0.25) is 0 Å². The summed E-state index contributed by atoms with van der Waals surface area (Å²) in [4.78, 5) is 18.2. The molecule has 7 heteroatoms. The third-order valence-corrected chi connectivity index (χ3v) is 8.19. The highest BCUT2D eigenvalue weighted by molar-refractivity contribution is 5.87. The van der Waals surface area contributed by atoms with Crippen molar-refractivity contribution in [3.05, 3.63) is 131 Å². The van der Waals surface area contributed by atoms with Gasteiger partial charge in [-0.3, -0.25) is 5.73 Å². The van der Waals surface area contributed by atoms with E-state index >= 15 is 0 Å². The predicted molar refractivity (Wildman–Crippen MR) is 161 cm³/mol. The van der Waals surface area contributed by atoms with Crippen LogP contribution < -0.4 is 10.8 Å². The smallest absolute Gasteiger partial charge is 0.321 e. The van der Waals surface area contributed by atoms with Crippen LogP contribution in [0.15, 0.2) is 109 Å². The first kappa shape index (κ1) is 26.6. The summed E-state index contributed by atoms with van der Waals surface area (Å²) < 4.78 is 0. The van der Waals surface area contributed by atoms with E-state index in [4.69, 9.17) is 5.73 Å². The summed E-state index contributed by atoms with van der Waals surface area (Å²) in [7, 11) is 0. The van der Waals surface area contributed by atoms with Gasteiger partial charge in [-0.15, -0.1) is 0 Å². The van der Waals surface area contributed by atoms with Gasteiger partial charge >= 0.3 is 6.03 Å². The Balaban J connectivity index is 1.36. The second-order valence-electron chi connectivity index (χ2n) is 10.9. The minimum atomic E-state index is -0.741. The van der Waals surface area contributed by atoms with Gasteiger partial charge in [0.2, 0.25) is 0 Å². The van der Waals surface area contributed by atoms with Gasteiger partial charge in [0.15, 0.2) is 0 Å². The Bertz CT molecular complexity index is 1590. The number of aliphatic hydroxyl groups excluding tert-OH is 1. The number of aromatic nitrogens is 2. The van der Waals surface area contributed by atoms with Crippen LogP contribution in [0.3, 0.4) is 0 Å². The lowest BCUT2D eigenvalue weighted by Gasteiger charge is -2.49. The van der Waals surface area contributed by atoms with Crippen LogP contribution in [-0.2, 0) is 25.9 Å². The molecule has 0 saturated carbocycles. The maximum atomic E-state index is 14.5. The van der Waals surface area contributed by atoms with Crippen molar-refractivity contribution in [2.24, 2.45) is 0 Å². The van der Waals surface area contributed by atoms with E-state index in [2.05, 4.69) is 34.5 Å². The van der Waals surface area contributed by atoms with Crippen LogP contribution in [0, 0.1) is 0 Å². The zero-order valence-electron chi connectivity index (χ0n) is 23.0. The number of aliphatic hydroxyl groups is 1. The first-order valence-electron chi connectivity index (χ1n) is 14.2. The fourth-order valence-corrected chi connectivity index (χ4v) is 6.02. The molecule has 4 aromatic carbocycles. The van der Waals surface area contributed by atoms with Gasteiger partial charge in [-0.2, -0.15) is 5.10 Å². The fraction of sp³-hybridized carbons (Fsp3) is 0.235. The summed E-state index contributed by atoms with van der Waals surface area (Å²) in [5.74, 6) is 0.555. The number of fused-ring (bicyclic) bond motifs is 1. The molecule has 0 aliphatic carbocycles. The topological polar surface area (TPSA) is 99.7 Å². The first-order chi connectivity index (χ1) is 20.1. The molecule has 0 radical (unpaired) electrons. The van der Waals surface area contributed by atoms with E-state index in [-0.39, 0.29) is 18.1 Å². The van der Waals surface area contributed by atoms with Gasteiger partial charge in [-0.05, 0) is 53.6 Å². The first-order valence-corrected chi connectivity index (χ1v) is 14.2. The summed E-state index contributed by atoms with van der Waals surface area (Å²) in [6.07, 6.45) is 1.27. The molecule has 1 aliphatic rings. The molecule has 3 atom stereocenters. The summed E-state index contributed by atoms with van der Waals surface area (Å²) in [6.45, 7) is 0.800. The SMILES string of the molecule is Nc1[nH+][nH]c2ccc(CN3C(=O)N(Cc4ccccc4)C(CCc4ccccc4)C(O)C3Cc3ccccc3)cc12. The van der Waals surface area contributed by atoms with Crippen LogP contribution in [0.4, 0.5) is 10.6 Å². The van der Waals surface area contributed by atoms with E-state index in [1.165, 1.54) is 5.56 Å². The average molecular weight is 547 g/mol. The van der Waals surface area contributed by atoms with E-state index in [0.717, 1.165) is 34.0 Å². The molecule has 6 rings (SSSR count). The maximum absolute atomic E-state index is 14.5. The highest BCUT2D eigenvalue weighted by Gasteiger charge is 2.45. The summed E-state index contributed by atoms with van der Waals surface area (Å²) in [5, 5.41) is 19.0. The molecule has 3 unspecified atom stereocenters. The molecule has 1 saturated heterocycles. The third kappa shape index (κ3) is 5.81. The summed E-state index contributed by atoms with van der Waals surface area (Å²) in [5.41, 5.74) is 11.3. The quantitative estimate of drug-likeness (QED) is 0.243. The highest BCUT2D eigenvalue weighted by Crippen LogP contribution is 2.31. The largest absolute Gasteiger partial charge is 0.389 e. The molecule has 0 bridgehead atoms. The molecule has 1 fully saturated rings. The number of carbonyl (C=O) groups excluding carboxylic acids is 1. The number of rotatable bonds is 9. The van der Waals surface area contributed by atoms with Crippen molar-refractivity contribution in [3.8, 4) is 0 Å². The lowest BCUT2D eigenvalue weighted by molar-refractivity contribution is -0.430. The number of nitrogens with zero attached hydrogens (tertiary/aromatic N) is 2. The molecule has 7 nitrogen and oxygen atoms in total. The highest BCUT2D eigenvalue weighted by atomic mass is 16.3. The Morgan fingerprint density at radius 2 is 1.32 bits per heavy atom. The van der Waals surface area contributed by atoms with E-state index in [1.54, 1.807) is 0 Å². The number of hydrogen-bond acceptors (Lipinski definition) is 3. The molecule has 0 spiro atoms.